The molecule has 1 fully saturated rings. The molecule has 1 aliphatic carbocycles. The highest BCUT2D eigenvalue weighted by atomic mass is 16.5. The number of rotatable bonds is 4. The van der Waals surface area contributed by atoms with E-state index in [4.69, 9.17) is 4.74 Å². The number of piperidine rings is 1. The fraction of sp³-hybridized carbons (Fsp3) is 0.733. The highest BCUT2D eigenvalue weighted by Crippen LogP contribution is 2.24. The number of nitrogens with zero attached hydrogens (tertiary/aromatic N) is 1. The number of carbonyl (C=O) groups is 2. The number of hydrogen-bond donors (Lipinski definition) is 0. The fourth-order valence-corrected chi connectivity index (χ4v) is 2.87. The molecule has 1 saturated heterocycles. The molecule has 4 nitrogen and oxygen atoms in total. The highest BCUT2D eigenvalue weighted by molar-refractivity contribution is 5.79. The van der Waals surface area contributed by atoms with Crippen LogP contribution in [0.25, 0.3) is 0 Å². The summed E-state index contributed by atoms with van der Waals surface area (Å²) in [6.07, 6.45) is 8.79. The first kappa shape index (κ1) is 14.1. The maximum Gasteiger partial charge on any atom is 0.310 e. The van der Waals surface area contributed by atoms with E-state index in [1.54, 1.807) is 0 Å². The largest absolute Gasteiger partial charge is 0.466 e. The lowest BCUT2D eigenvalue weighted by atomic mass is 9.96. The highest BCUT2D eigenvalue weighted by Gasteiger charge is 2.30. The molecule has 106 valence electrons. The molecule has 19 heavy (non-hydrogen) atoms. The molecule has 0 aromatic heterocycles. The number of allylic oxidation sites excluding steroid dienone is 2. The second-order valence-electron chi connectivity index (χ2n) is 5.40. The van der Waals surface area contributed by atoms with Gasteiger partial charge in [0.2, 0.25) is 5.91 Å². The van der Waals surface area contributed by atoms with E-state index in [1.807, 2.05) is 11.8 Å². The van der Waals surface area contributed by atoms with Crippen LogP contribution >= 0.6 is 0 Å². The summed E-state index contributed by atoms with van der Waals surface area (Å²) in [5.41, 5.74) is 0. The van der Waals surface area contributed by atoms with E-state index in [9.17, 15) is 9.59 Å². The molecule has 0 aromatic rings. The molecule has 0 bridgehead atoms. The zero-order valence-electron chi connectivity index (χ0n) is 11.6. The first-order valence-corrected chi connectivity index (χ1v) is 7.31. The third kappa shape index (κ3) is 3.82. The summed E-state index contributed by atoms with van der Waals surface area (Å²) < 4.78 is 5.05. The van der Waals surface area contributed by atoms with E-state index >= 15 is 0 Å². The van der Waals surface area contributed by atoms with Gasteiger partial charge < -0.3 is 9.64 Å². The Kier molecular flexibility index (Phi) is 5.00. The van der Waals surface area contributed by atoms with Gasteiger partial charge >= 0.3 is 5.97 Å². The Morgan fingerprint density at radius 2 is 2.21 bits per heavy atom. The van der Waals surface area contributed by atoms with Crippen LogP contribution in [-0.4, -0.2) is 36.5 Å². The van der Waals surface area contributed by atoms with Crippen molar-refractivity contribution in [2.45, 2.75) is 39.0 Å². The maximum absolute atomic E-state index is 12.2. The molecule has 0 saturated carbocycles. The van der Waals surface area contributed by atoms with Gasteiger partial charge in [-0.2, -0.15) is 0 Å². The summed E-state index contributed by atoms with van der Waals surface area (Å²) in [6, 6.07) is 0. The summed E-state index contributed by atoms with van der Waals surface area (Å²) in [5, 5.41) is 0. The molecule has 0 radical (unpaired) electrons. The van der Waals surface area contributed by atoms with Crippen LogP contribution in [0.4, 0.5) is 0 Å². The number of ether oxygens (including phenoxy) is 1. The second-order valence-corrected chi connectivity index (χ2v) is 5.40. The normalized spacial score (nSPS) is 26.5. The molecular weight excluding hydrogens is 242 g/mol. The van der Waals surface area contributed by atoms with E-state index in [0.29, 0.717) is 25.5 Å². The van der Waals surface area contributed by atoms with Crippen molar-refractivity contribution in [2.75, 3.05) is 19.7 Å². The third-order valence-electron chi connectivity index (χ3n) is 3.94. The molecule has 4 heteroatoms. The number of carbonyl (C=O) groups excluding carboxylic acids is 2. The lowest BCUT2D eigenvalue weighted by molar-refractivity contribution is -0.151. The molecule has 1 heterocycles. The SMILES string of the molecule is CCOC(=O)[C@H]1CCCN(C(=O)CC2C=CCC2)C1. The minimum atomic E-state index is -0.152. The second kappa shape index (κ2) is 6.73. The van der Waals surface area contributed by atoms with Gasteiger partial charge in [-0.15, -0.1) is 0 Å². The van der Waals surface area contributed by atoms with E-state index < -0.39 is 0 Å². The van der Waals surface area contributed by atoms with Crippen LogP contribution in [0.1, 0.15) is 39.0 Å². The number of likely N-dealkylation sites (tertiary alicyclic amines) is 1. The Labute approximate surface area is 114 Å². The van der Waals surface area contributed by atoms with Gasteiger partial charge in [0.1, 0.15) is 0 Å². The molecule has 0 spiro atoms. The van der Waals surface area contributed by atoms with Gasteiger partial charge in [0.05, 0.1) is 12.5 Å². The predicted octanol–water partition coefficient (Wildman–Crippen LogP) is 2.14. The molecule has 1 aliphatic heterocycles. The fourth-order valence-electron chi connectivity index (χ4n) is 2.87. The van der Waals surface area contributed by atoms with Crippen LogP contribution in [0, 0.1) is 11.8 Å². The molecular formula is C15H23NO3. The van der Waals surface area contributed by atoms with Gasteiger partial charge in [0.25, 0.3) is 0 Å². The summed E-state index contributed by atoms with van der Waals surface area (Å²) >= 11 is 0. The minimum Gasteiger partial charge on any atom is -0.466 e. The third-order valence-corrected chi connectivity index (χ3v) is 3.94. The van der Waals surface area contributed by atoms with Crippen molar-refractivity contribution in [2.24, 2.45) is 11.8 Å². The number of esters is 1. The first-order valence-electron chi connectivity index (χ1n) is 7.31. The van der Waals surface area contributed by atoms with Crippen molar-refractivity contribution in [1.29, 1.82) is 0 Å². The predicted molar refractivity (Wildman–Crippen MR) is 72.4 cm³/mol. The Morgan fingerprint density at radius 3 is 2.89 bits per heavy atom. The number of amides is 1. The topological polar surface area (TPSA) is 46.6 Å². The van der Waals surface area contributed by atoms with Gasteiger partial charge in [0, 0.05) is 19.5 Å². The molecule has 1 unspecified atom stereocenters. The lowest BCUT2D eigenvalue weighted by Crippen LogP contribution is -2.43. The minimum absolute atomic E-state index is 0.128. The van der Waals surface area contributed by atoms with Crippen molar-refractivity contribution in [1.82, 2.24) is 4.90 Å². The van der Waals surface area contributed by atoms with Crippen LogP contribution in [-0.2, 0) is 14.3 Å². The standard InChI is InChI=1S/C15H23NO3/c1-2-19-15(18)13-8-5-9-16(11-13)14(17)10-12-6-3-4-7-12/h3,6,12-13H,2,4-5,7-11H2,1H3/t12?,13-/m0/s1. The van der Waals surface area contributed by atoms with Crippen molar-refractivity contribution >= 4 is 11.9 Å². The number of hydrogen-bond acceptors (Lipinski definition) is 3. The average Bonchev–Trinajstić information content (AvgIpc) is 2.92. The molecule has 2 aliphatic rings. The van der Waals surface area contributed by atoms with E-state index in [0.717, 1.165) is 32.2 Å². The Balaban J connectivity index is 1.84. The summed E-state index contributed by atoms with van der Waals surface area (Å²) in [5.74, 6) is 0.304. The summed E-state index contributed by atoms with van der Waals surface area (Å²) in [6.45, 7) is 3.55. The van der Waals surface area contributed by atoms with E-state index in [2.05, 4.69) is 12.2 Å². The Bertz CT molecular complexity index is 364. The van der Waals surface area contributed by atoms with Crippen LogP contribution < -0.4 is 0 Å². The Hall–Kier alpha value is -1.32. The average molecular weight is 265 g/mol. The van der Waals surface area contributed by atoms with Gasteiger partial charge in [0.15, 0.2) is 0 Å². The van der Waals surface area contributed by atoms with Gasteiger partial charge in [-0.3, -0.25) is 9.59 Å². The van der Waals surface area contributed by atoms with Gasteiger partial charge in [-0.1, -0.05) is 12.2 Å². The van der Waals surface area contributed by atoms with Gasteiger partial charge in [-0.25, -0.2) is 0 Å². The van der Waals surface area contributed by atoms with E-state index in [1.165, 1.54) is 0 Å². The molecule has 0 N–H and O–H groups in total. The molecule has 0 aromatic carbocycles. The van der Waals surface area contributed by atoms with Crippen molar-refractivity contribution in [3.05, 3.63) is 12.2 Å². The smallest absolute Gasteiger partial charge is 0.310 e. The van der Waals surface area contributed by atoms with E-state index in [-0.39, 0.29) is 17.8 Å². The lowest BCUT2D eigenvalue weighted by Gasteiger charge is -2.32. The Morgan fingerprint density at radius 1 is 1.37 bits per heavy atom. The maximum atomic E-state index is 12.2. The molecule has 2 rings (SSSR count). The van der Waals surface area contributed by atoms with Crippen molar-refractivity contribution in [3.63, 3.8) is 0 Å². The van der Waals surface area contributed by atoms with Crippen LogP contribution in [0.2, 0.25) is 0 Å². The molecule has 1 amide bonds. The van der Waals surface area contributed by atoms with Crippen LogP contribution in [0.15, 0.2) is 12.2 Å². The zero-order valence-corrected chi connectivity index (χ0v) is 11.6. The summed E-state index contributed by atoms with van der Waals surface area (Å²) in [7, 11) is 0. The van der Waals surface area contributed by atoms with Crippen LogP contribution in [0.3, 0.4) is 0 Å². The van der Waals surface area contributed by atoms with Gasteiger partial charge in [-0.05, 0) is 38.5 Å². The summed E-state index contributed by atoms with van der Waals surface area (Å²) in [4.78, 5) is 25.8. The molecule has 2 atom stereocenters. The van der Waals surface area contributed by atoms with Crippen molar-refractivity contribution in [3.8, 4) is 0 Å². The zero-order chi connectivity index (χ0) is 13.7. The monoisotopic (exact) mass is 265 g/mol. The first-order chi connectivity index (χ1) is 9.20. The van der Waals surface area contributed by atoms with Crippen molar-refractivity contribution < 1.29 is 14.3 Å². The quantitative estimate of drug-likeness (QED) is 0.578. The van der Waals surface area contributed by atoms with Crippen LogP contribution in [0.5, 0.6) is 0 Å².